The van der Waals surface area contributed by atoms with Crippen LogP contribution in [0.1, 0.15) is 94.5 Å². The highest BCUT2D eigenvalue weighted by atomic mass is 32.1. The Bertz CT molecular complexity index is 6050. The minimum absolute atomic E-state index is 0.230. The molecule has 0 amide bonds. The molecule has 4 heteroatoms. The summed E-state index contributed by atoms with van der Waals surface area (Å²) in [6.45, 7) is 9.70. The van der Waals surface area contributed by atoms with Gasteiger partial charge in [-0.05, 0) is 150 Å². The predicted molar refractivity (Wildman–Crippen MR) is 401 cm³/mol. The Hall–Kier alpha value is -11.3. The highest BCUT2D eigenvalue weighted by molar-refractivity contribution is 7.25. The minimum atomic E-state index is -0.510. The second-order valence-corrected chi connectivity index (χ2v) is 29.1. The fraction of sp³-hybridized carbons (Fsp3) is 0.0870. The second-order valence-electron chi connectivity index (χ2n) is 28.1. The first-order valence-corrected chi connectivity index (χ1v) is 34.5. The highest BCUT2D eigenvalue weighted by Crippen LogP contribution is 2.64. The second kappa shape index (κ2) is 19.2. The van der Waals surface area contributed by atoms with E-state index in [0.717, 1.165) is 21.9 Å². The average Bonchev–Trinajstić information content (AvgIpc) is 1.08. The number of hydrogen-bond donors (Lipinski definition) is 0. The average molecular weight is 1240 g/mol. The Balaban J connectivity index is 0.000000127. The standard InChI is InChI=1S/C46H31NO.C46H31NS/c2*1-45(2)34-17-5-6-18-35(34)46(36-19-7-9-23-40(36)47-39-22-8-3-13-30(39)32-16-12-21-38(46)44(32)47)37-20-11-15-29(43(37)45)28-25-26-42-33(27-28)31-14-4-10-24-41(31)48-42/h2*3-27H,1-2H3. The number of fused-ring (bicyclic) bond motifs is 28. The van der Waals surface area contributed by atoms with E-state index >= 15 is 0 Å². The van der Waals surface area contributed by atoms with Crippen LogP contribution in [0.5, 0.6) is 0 Å². The van der Waals surface area contributed by atoms with Crippen molar-refractivity contribution in [1.29, 1.82) is 0 Å². The molecule has 2 aliphatic carbocycles. The summed E-state index contributed by atoms with van der Waals surface area (Å²) >= 11 is 1.88. The van der Waals surface area contributed by atoms with E-state index in [2.05, 4.69) is 334 Å². The summed E-state index contributed by atoms with van der Waals surface area (Å²) in [7, 11) is 0. The first-order valence-electron chi connectivity index (χ1n) is 33.7. The van der Waals surface area contributed by atoms with Gasteiger partial charge in [0, 0.05) is 63.3 Å². The topological polar surface area (TPSA) is 23.0 Å². The number of furan rings is 1. The molecular weight excluding hydrogens is 1180 g/mol. The third-order valence-electron chi connectivity index (χ3n) is 22.9. The molecule has 0 saturated carbocycles. The van der Waals surface area contributed by atoms with Gasteiger partial charge in [-0.1, -0.05) is 270 Å². The maximum absolute atomic E-state index is 6.26. The van der Waals surface area contributed by atoms with Crippen molar-refractivity contribution >= 4 is 97.1 Å². The number of nitrogens with zero attached hydrogens (tertiary/aromatic N) is 2. The van der Waals surface area contributed by atoms with E-state index in [1.807, 2.05) is 17.4 Å². The molecule has 2 atom stereocenters. The van der Waals surface area contributed by atoms with Crippen molar-refractivity contribution in [2.45, 2.75) is 49.4 Å². The lowest BCUT2D eigenvalue weighted by molar-refractivity contribution is 0.557. The molecule has 2 aliphatic heterocycles. The molecule has 2 spiro atoms. The van der Waals surface area contributed by atoms with Gasteiger partial charge in [-0.2, -0.15) is 0 Å². The lowest BCUT2D eigenvalue weighted by Crippen LogP contribution is -2.44. The lowest BCUT2D eigenvalue weighted by atomic mass is 9.52. The maximum Gasteiger partial charge on any atom is 0.135 e. The van der Waals surface area contributed by atoms with Crippen LogP contribution in [0.25, 0.3) is 119 Å². The molecule has 96 heavy (non-hydrogen) atoms. The summed E-state index contributed by atoms with van der Waals surface area (Å²) in [6, 6.07) is 114. The van der Waals surface area contributed by atoms with Crippen molar-refractivity contribution in [2.24, 2.45) is 0 Å². The Morgan fingerprint density at radius 2 is 0.656 bits per heavy atom. The Morgan fingerprint density at radius 3 is 1.22 bits per heavy atom. The van der Waals surface area contributed by atoms with E-state index in [0.29, 0.717) is 0 Å². The third-order valence-corrected chi connectivity index (χ3v) is 24.0. The zero-order valence-corrected chi connectivity index (χ0v) is 54.4. The zero-order valence-electron chi connectivity index (χ0n) is 53.6. The summed E-state index contributed by atoms with van der Waals surface area (Å²) in [5.41, 5.74) is 29.5. The summed E-state index contributed by atoms with van der Waals surface area (Å²) in [6.07, 6.45) is 0. The first-order chi connectivity index (χ1) is 47.2. The molecule has 6 heterocycles. The van der Waals surface area contributed by atoms with Crippen molar-refractivity contribution in [3.63, 3.8) is 0 Å². The smallest absolute Gasteiger partial charge is 0.135 e. The Kier molecular flexibility index (Phi) is 10.8. The van der Waals surface area contributed by atoms with Crippen molar-refractivity contribution in [1.82, 2.24) is 9.13 Å². The fourth-order valence-corrected chi connectivity index (χ4v) is 20.3. The molecular formula is C92H62N2OS. The van der Waals surface area contributed by atoms with Crippen molar-refractivity contribution in [3.05, 3.63) is 370 Å². The summed E-state index contributed by atoms with van der Waals surface area (Å²) in [4.78, 5) is 0. The van der Waals surface area contributed by atoms with Gasteiger partial charge in [-0.25, -0.2) is 0 Å². The van der Waals surface area contributed by atoms with E-state index in [1.54, 1.807) is 0 Å². The van der Waals surface area contributed by atoms with Gasteiger partial charge in [0.1, 0.15) is 11.2 Å². The van der Waals surface area contributed by atoms with Crippen molar-refractivity contribution in [3.8, 4) is 33.6 Å². The SMILES string of the molecule is CC1(C)c2ccccc2C2(c3ccccc3-n3c4ccccc4c4cccc2c43)c2cccc(-c3ccc4oc5ccccc5c4c3)c21.CC1(C)c2ccccc2C2(c3ccccc3-n3c4ccccc4c4cccc2c43)c2cccc(-c3ccc4sc5ccccc5c4c3)c21. The summed E-state index contributed by atoms with van der Waals surface area (Å²) < 4.78 is 14.0. The number of para-hydroxylation sites is 7. The van der Waals surface area contributed by atoms with Crippen LogP contribution in [0.4, 0.5) is 0 Å². The van der Waals surface area contributed by atoms with Crippen LogP contribution in [0.2, 0.25) is 0 Å². The lowest BCUT2D eigenvalue weighted by Gasteiger charge is -2.50. The third kappa shape index (κ3) is 6.72. The molecule has 0 fully saturated rings. The molecule has 0 saturated heterocycles. The molecule has 0 radical (unpaired) electrons. The van der Waals surface area contributed by atoms with Gasteiger partial charge in [0.05, 0.1) is 44.3 Å². The normalized spacial score (nSPS) is 17.2. The van der Waals surface area contributed by atoms with E-state index < -0.39 is 10.8 Å². The number of benzene rings is 14. The van der Waals surface area contributed by atoms with Crippen LogP contribution in [0.3, 0.4) is 0 Å². The molecule has 0 N–H and O–H groups in total. The summed E-state index contributed by atoms with van der Waals surface area (Å²) in [5, 5.41) is 10.2. The van der Waals surface area contributed by atoms with Gasteiger partial charge in [-0.3, -0.25) is 0 Å². The molecule has 4 aliphatic rings. The van der Waals surface area contributed by atoms with E-state index in [-0.39, 0.29) is 10.8 Å². The minimum Gasteiger partial charge on any atom is -0.456 e. The molecule has 3 nitrogen and oxygen atoms in total. The zero-order chi connectivity index (χ0) is 63.6. The highest BCUT2D eigenvalue weighted by Gasteiger charge is 2.55. The largest absolute Gasteiger partial charge is 0.456 e. The van der Waals surface area contributed by atoms with Crippen molar-refractivity contribution in [2.75, 3.05) is 0 Å². The molecule has 22 rings (SSSR count). The predicted octanol–water partition coefficient (Wildman–Crippen LogP) is 23.8. The van der Waals surface area contributed by atoms with Crippen LogP contribution in [0.15, 0.2) is 308 Å². The number of aromatic nitrogens is 2. The maximum atomic E-state index is 6.26. The van der Waals surface area contributed by atoms with Gasteiger partial charge in [-0.15, -0.1) is 11.3 Å². The van der Waals surface area contributed by atoms with Crippen LogP contribution in [-0.4, -0.2) is 9.13 Å². The molecule has 0 bridgehead atoms. The number of rotatable bonds is 2. The van der Waals surface area contributed by atoms with Gasteiger partial charge in [0.2, 0.25) is 0 Å². The van der Waals surface area contributed by atoms with Crippen LogP contribution >= 0.6 is 11.3 Å². The monoisotopic (exact) mass is 1240 g/mol. The Labute approximate surface area is 560 Å². The van der Waals surface area contributed by atoms with Gasteiger partial charge >= 0.3 is 0 Å². The fourth-order valence-electron chi connectivity index (χ4n) is 19.2. The van der Waals surface area contributed by atoms with Crippen molar-refractivity contribution < 1.29 is 4.42 Å². The molecule has 452 valence electrons. The van der Waals surface area contributed by atoms with E-state index in [9.17, 15) is 0 Å². The van der Waals surface area contributed by atoms with E-state index in [4.69, 9.17) is 4.42 Å². The van der Waals surface area contributed by atoms with Gasteiger partial charge in [0.15, 0.2) is 0 Å². The molecule has 18 aromatic rings. The molecule has 14 aromatic carbocycles. The van der Waals surface area contributed by atoms with Gasteiger partial charge < -0.3 is 13.6 Å². The quantitative estimate of drug-likeness (QED) is 0.169. The molecule has 4 aromatic heterocycles. The Morgan fingerprint density at radius 1 is 0.271 bits per heavy atom. The van der Waals surface area contributed by atoms with E-state index in [1.165, 1.54) is 164 Å². The number of hydrogen-bond acceptors (Lipinski definition) is 2. The van der Waals surface area contributed by atoms with Crippen LogP contribution in [-0.2, 0) is 21.7 Å². The summed E-state index contributed by atoms with van der Waals surface area (Å²) in [5.74, 6) is 0. The van der Waals surface area contributed by atoms with Gasteiger partial charge in [0.25, 0.3) is 0 Å². The van der Waals surface area contributed by atoms with Crippen LogP contribution in [0, 0.1) is 0 Å². The number of thiophene rings is 1. The first kappa shape index (κ1) is 54.1. The van der Waals surface area contributed by atoms with Crippen LogP contribution < -0.4 is 0 Å². The molecule has 2 unspecified atom stereocenters.